The molecule has 2 rings (SSSR count). The first-order valence-corrected chi connectivity index (χ1v) is 7.10. The third kappa shape index (κ3) is 3.21. The van der Waals surface area contributed by atoms with Gasteiger partial charge >= 0.3 is 0 Å². The lowest BCUT2D eigenvalue weighted by atomic mass is 9.94. The Kier molecular flexibility index (Phi) is 4.08. The molecular formula is C14H26N2O. The molecule has 4 unspecified atom stereocenters. The SMILES string of the molecule is CC1CC1CN(C)C(=O)C1CCCCCC1N. The van der Waals surface area contributed by atoms with Gasteiger partial charge in [-0.15, -0.1) is 0 Å². The van der Waals surface area contributed by atoms with Crippen LogP contribution in [0.25, 0.3) is 0 Å². The second-order valence-corrected chi connectivity index (χ2v) is 6.10. The van der Waals surface area contributed by atoms with Crippen LogP contribution in [0.3, 0.4) is 0 Å². The molecule has 0 aromatic rings. The second kappa shape index (κ2) is 5.38. The summed E-state index contributed by atoms with van der Waals surface area (Å²) in [5, 5.41) is 0. The van der Waals surface area contributed by atoms with Crippen molar-refractivity contribution < 1.29 is 4.79 Å². The zero-order valence-corrected chi connectivity index (χ0v) is 11.2. The lowest BCUT2D eigenvalue weighted by Gasteiger charge is -2.26. The highest BCUT2D eigenvalue weighted by Crippen LogP contribution is 2.38. The van der Waals surface area contributed by atoms with Crippen molar-refractivity contribution in [1.82, 2.24) is 4.90 Å². The van der Waals surface area contributed by atoms with Gasteiger partial charge in [-0.1, -0.05) is 26.2 Å². The molecule has 0 aromatic heterocycles. The summed E-state index contributed by atoms with van der Waals surface area (Å²) in [5.74, 6) is 1.93. The molecule has 98 valence electrons. The third-order valence-corrected chi connectivity index (χ3v) is 4.55. The Hall–Kier alpha value is -0.570. The van der Waals surface area contributed by atoms with Crippen LogP contribution in [0, 0.1) is 17.8 Å². The molecule has 2 fully saturated rings. The van der Waals surface area contributed by atoms with E-state index in [0.29, 0.717) is 5.91 Å². The molecule has 0 aromatic carbocycles. The van der Waals surface area contributed by atoms with Gasteiger partial charge in [-0.3, -0.25) is 4.79 Å². The van der Waals surface area contributed by atoms with E-state index in [1.54, 1.807) is 0 Å². The molecule has 0 heterocycles. The fraction of sp³-hybridized carbons (Fsp3) is 0.929. The average molecular weight is 238 g/mol. The summed E-state index contributed by atoms with van der Waals surface area (Å²) in [6.07, 6.45) is 6.88. The predicted octanol–water partition coefficient (Wildman–Crippen LogP) is 2.01. The summed E-state index contributed by atoms with van der Waals surface area (Å²) >= 11 is 0. The van der Waals surface area contributed by atoms with Crippen LogP contribution in [-0.2, 0) is 4.79 Å². The van der Waals surface area contributed by atoms with E-state index in [1.165, 1.54) is 19.3 Å². The van der Waals surface area contributed by atoms with Crippen LogP contribution in [0.4, 0.5) is 0 Å². The van der Waals surface area contributed by atoms with Gasteiger partial charge in [0.25, 0.3) is 0 Å². The first kappa shape index (κ1) is 12.9. The Bertz CT molecular complexity index is 279. The van der Waals surface area contributed by atoms with Crippen molar-refractivity contribution in [2.24, 2.45) is 23.5 Å². The van der Waals surface area contributed by atoms with Crippen molar-refractivity contribution in [3.8, 4) is 0 Å². The Morgan fingerprint density at radius 1 is 1.29 bits per heavy atom. The van der Waals surface area contributed by atoms with Gasteiger partial charge in [0.2, 0.25) is 5.91 Å². The van der Waals surface area contributed by atoms with Crippen LogP contribution in [0.2, 0.25) is 0 Å². The van der Waals surface area contributed by atoms with Crippen molar-refractivity contribution in [2.75, 3.05) is 13.6 Å². The highest BCUT2D eigenvalue weighted by Gasteiger charge is 2.36. The zero-order valence-electron chi connectivity index (χ0n) is 11.2. The normalized spacial score (nSPS) is 37.4. The van der Waals surface area contributed by atoms with Crippen molar-refractivity contribution in [3.05, 3.63) is 0 Å². The quantitative estimate of drug-likeness (QED) is 0.765. The summed E-state index contributed by atoms with van der Waals surface area (Å²) in [5.41, 5.74) is 6.14. The molecule has 2 N–H and O–H groups in total. The standard InChI is InChI=1S/C14H26N2O/c1-10-8-11(10)9-16(2)14(17)12-6-4-3-5-7-13(12)15/h10-13H,3-9,15H2,1-2H3. The summed E-state index contributed by atoms with van der Waals surface area (Å²) in [4.78, 5) is 14.3. The minimum absolute atomic E-state index is 0.0801. The lowest BCUT2D eigenvalue weighted by molar-refractivity contribution is -0.135. The fourth-order valence-electron chi connectivity index (χ4n) is 3.02. The smallest absolute Gasteiger partial charge is 0.226 e. The van der Waals surface area contributed by atoms with E-state index < -0.39 is 0 Å². The van der Waals surface area contributed by atoms with Gasteiger partial charge in [0.05, 0.1) is 5.92 Å². The van der Waals surface area contributed by atoms with Crippen molar-refractivity contribution in [2.45, 2.75) is 51.5 Å². The predicted molar refractivity (Wildman–Crippen MR) is 69.5 cm³/mol. The number of carbonyl (C=O) groups excluding carboxylic acids is 1. The maximum absolute atomic E-state index is 12.4. The van der Waals surface area contributed by atoms with Crippen molar-refractivity contribution in [1.29, 1.82) is 0 Å². The number of nitrogens with zero attached hydrogens (tertiary/aromatic N) is 1. The molecular weight excluding hydrogens is 212 g/mol. The fourth-order valence-corrected chi connectivity index (χ4v) is 3.02. The molecule has 3 nitrogen and oxygen atoms in total. The summed E-state index contributed by atoms with van der Waals surface area (Å²) < 4.78 is 0. The topological polar surface area (TPSA) is 46.3 Å². The summed E-state index contributed by atoms with van der Waals surface area (Å²) in [6.45, 7) is 3.20. The average Bonchev–Trinajstić information content (AvgIpc) is 3.01. The number of hydrogen-bond acceptors (Lipinski definition) is 2. The van der Waals surface area contributed by atoms with Gasteiger partial charge in [0, 0.05) is 19.6 Å². The van der Waals surface area contributed by atoms with Gasteiger partial charge in [0.15, 0.2) is 0 Å². The number of carbonyl (C=O) groups is 1. The van der Waals surface area contributed by atoms with Gasteiger partial charge in [-0.05, 0) is 31.1 Å². The first-order chi connectivity index (χ1) is 8.09. The number of rotatable bonds is 3. The van der Waals surface area contributed by atoms with E-state index in [2.05, 4.69) is 6.92 Å². The van der Waals surface area contributed by atoms with E-state index >= 15 is 0 Å². The molecule has 2 saturated carbocycles. The van der Waals surface area contributed by atoms with Crippen molar-refractivity contribution in [3.63, 3.8) is 0 Å². The van der Waals surface area contributed by atoms with Crippen LogP contribution in [-0.4, -0.2) is 30.4 Å². The van der Waals surface area contributed by atoms with E-state index in [0.717, 1.165) is 37.6 Å². The summed E-state index contributed by atoms with van der Waals surface area (Å²) in [7, 11) is 1.95. The monoisotopic (exact) mass is 238 g/mol. The Labute approximate surface area is 105 Å². The zero-order chi connectivity index (χ0) is 12.4. The van der Waals surface area contributed by atoms with Gasteiger partial charge < -0.3 is 10.6 Å². The lowest BCUT2D eigenvalue weighted by Crippen LogP contribution is -2.42. The minimum Gasteiger partial charge on any atom is -0.345 e. The molecule has 3 heteroatoms. The molecule has 1 amide bonds. The molecule has 0 radical (unpaired) electrons. The minimum atomic E-state index is 0.0801. The van der Waals surface area contributed by atoms with Crippen LogP contribution >= 0.6 is 0 Å². The molecule has 0 bridgehead atoms. The Morgan fingerprint density at radius 3 is 2.59 bits per heavy atom. The molecule has 2 aliphatic rings. The maximum atomic E-state index is 12.4. The third-order valence-electron chi connectivity index (χ3n) is 4.55. The highest BCUT2D eigenvalue weighted by atomic mass is 16.2. The van der Waals surface area contributed by atoms with E-state index in [4.69, 9.17) is 5.73 Å². The van der Waals surface area contributed by atoms with Crippen LogP contribution < -0.4 is 5.73 Å². The first-order valence-electron chi connectivity index (χ1n) is 7.10. The van der Waals surface area contributed by atoms with E-state index in [1.807, 2.05) is 11.9 Å². The Balaban J connectivity index is 1.87. The second-order valence-electron chi connectivity index (χ2n) is 6.10. The van der Waals surface area contributed by atoms with Crippen LogP contribution in [0.15, 0.2) is 0 Å². The largest absolute Gasteiger partial charge is 0.345 e. The van der Waals surface area contributed by atoms with Crippen molar-refractivity contribution >= 4 is 5.91 Å². The molecule has 4 atom stereocenters. The number of hydrogen-bond donors (Lipinski definition) is 1. The maximum Gasteiger partial charge on any atom is 0.226 e. The molecule has 17 heavy (non-hydrogen) atoms. The van der Waals surface area contributed by atoms with Crippen LogP contribution in [0.5, 0.6) is 0 Å². The highest BCUT2D eigenvalue weighted by molar-refractivity contribution is 5.79. The Morgan fingerprint density at radius 2 is 1.94 bits per heavy atom. The van der Waals surface area contributed by atoms with E-state index in [9.17, 15) is 4.79 Å². The van der Waals surface area contributed by atoms with Crippen LogP contribution in [0.1, 0.15) is 45.4 Å². The van der Waals surface area contributed by atoms with Gasteiger partial charge in [-0.2, -0.15) is 0 Å². The number of amides is 1. The van der Waals surface area contributed by atoms with Gasteiger partial charge in [0.1, 0.15) is 0 Å². The molecule has 0 aliphatic heterocycles. The summed E-state index contributed by atoms with van der Waals surface area (Å²) in [6, 6.07) is 0.0871. The molecule has 0 saturated heterocycles. The number of nitrogens with two attached hydrogens (primary N) is 1. The van der Waals surface area contributed by atoms with Gasteiger partial charge in [-0.25, -0.2) is 0 Å². The molecule has 0 spiro atoms. The molecule has 2 aliphatic carbocycles. The van der Waals surface area contributed by atoms with E-state index in [-0.39, 0.29) is 12.0 Å².